The molecular formula is C13H18BrN3O. The molecule has 1 saturated heterocycles. The molecule has 1 fully saturated rings. The predicted octanol–water partition coefficient (Wildman–Crippen LogP) is 1.71. The van der Waals surface area contributed by atoms with Crippen LogP contribution in [-0.4, -0.2) is 24.5 Å². The summed E-state index contributed by atoms with van der Waals surface area (Å²) in [7, 11) is 0. The molecule has 1 amide bonds. The van der Waals surface area contributed by atoms with E-state index in [1.807, 2.05) is 31.2 Å². The molecule has 0 aromatic heterocycles. The molecule has 2 unspecified atom stereocenters. The summed E-state index contributed by atoms with van der Waals surface area (Å²) in [6, 6.07) is 7.78. The van der Waals surface area contributed by atoms with Gasteiger partial charge in [-0.3, -0.25) is 4.79 Å². The number of hydrogen-bond donors (Lipinski definition) is 3. The third-order valence-electron chi connectivity index (χ3n) is 3.66. The van der Waals surface area contributed by atoms with Gasteiger partial charge in [-0.05, 0) is 41.0 Å². The van der Waals surface area contributed by atoms with Crippen molar-refractivity contribution < 1.29 is 4.79 Å². The summed E-state index contributed by atoms with van der Waals surface area (Å²) in [4.78, 5) is 11.9. The fraction of sp³-hybridized carbons (Fsp3) is 0.462. The van der Waals surface area contributed by atoms with Crippen molar-refractivity contribution in [3.8, 4) is 0 Å². The average molecular weight is 312 g/mol. The number of nitrogens with two attached hydrogens (primary N) is 1. The van der Waals surface area contributed by atoms with Crippen LogP contribution in [0.4, 0.5) is 5.69 Å². The van der Waals surface area contributed by atoms with Crippen LogP contribution in [0.3, 0.4) is 0 Å². The van der Waals surface area contributed by atoms with Gasteiger partial charge >= 0.3 is 0 Å². The molecule has 98 valence electrons. The fourth-order valence-electron chi connectivity index (χ4n) is 2.44. The maximum atomic E-state index is 11.9. The van der Waals surface area contributed by atoms with Crippen LogP contribution < -0.4 is 16.4 Å². The summed E-state index contributed by atoms with van der Waals surface area (Å²) in [6.45, 7) is 3.63. The van der Waals surface area contributed by atoms with E-state index in [9.17, 15) is 4.79 Å². The van der Waals surface area contributed by atoms with E-state index >= 15 is 0 Å². The first-order valence-corrected chi connectivity index (χ1v) is 6.89. The summed E-state index contributed by atoms with van der Waals surface area (Å²) < 4.78 is 0.941. The van der Waals surface area contributed by atoms with Crippen LogP contribution in [0.2, 0.25) is 0 Å². The minimum absolute atomic E-state index is 0.149. The quantitative estimate of drug-likeness (QED) is 0.796. The molecule has 4 nitrogen and oxygen atoms in total. The van der Waals surface area contributed by atoms with E-state index in [0.717, 1.165) is 23.2 Å². The van der Waals surface area contributed by atoms with Gasteiger partial charge < -0.3 is 16.4 Å². The smallest absolute Gasteiger partial charge is 0.243 e. The third-order valence-corrected chi connectivity index (χ3v) is 4.35. The van der Waals surface area contributed by atoms with Gasteiger partial charge in [0.15, 0.2) is 0 Å². The second-order valence-electron chi connectivity index (χ2n) is 4.80. The van der Waals surface area contributed by atoms with Crippen molar-refractivity contribution in [2.75, 3.05) is 18.4 Å². The van der Waals surface area contributed by atoms with Crippen molar-refractivity contribution >= 4 is 27.5 Å². The Hall–Kier alpha value is -1.07. The second-order valence-corrected chi connectivity index (χ2v) is 5.65. The molecule has 0 saturated carbocycles. The number of anilines is 1. The Morgan fingerprint density at radius 3 is 2.89 bits per heavy atom. The predicted molar refractivity (Wildman–Crippen MR) is 76.3 cm³/mol. The lowest BCUT2D eigenvalue weighted by atomic mass is 9.78. The lowest BCUT2D eigenvalue weighted by molar-refractivity contribution is -0.124. The normalized spacial score (nSPS) is 27.8. The maximum Gasteiger partial charge on any atom is 0.243 e. The fourth-order valence-corrected chi connectivity index (χ4v) is 2.82. The number of amides is 1. The van der Waals surface area contributed by atoms with Gasteiger partial charge in [-0.2, -0.15) is 0 Å². The number of primary amides is 1. The summed E-state index contributed by atoms with van der Waals surface area (Å²) in [6.07, 6.45) is 0.699. The maximum absolute atomic E-state index is 11.9. The molecule has 0 radical (unpaired) electrons. The number of piperidine rings is 1. The van der Waals surface area contributed by atoms with E-state index in [4.69, 9.17) is 5.73 Å². The van der Waals surface area contributed by atoms with Crippen LogP contribution in [0.5, 0.6) is 0 Å². The molecule has 0 spiro atoms. The van der Waals surface area contributed by atoms with E-state index in [0.29, 0.717) is 6.42 Å². The molecule has 5 heteroatoms. The van der Waals surface area contributed by atoms with E-state index in [2.05, 4.69) is 26.6 Å². The lowest BCUT2D eigenvalue weighted by Crippen LogP contribution is -2.61. The van der Waals surface area contributed by atoms with Crippen molar-refractivity contribution in [2.24, 2.45) is 11.7 Å². The van der Waals surface area contributed by atoms with Gasteiger partial charge in [-0.25, -0.2) is 0 Å². The number of nitrogens with one attached hydrogen (secondary N) is 2. The molecule has 1 heterocycles. The minimum Gasteiger partial charge on any atom is -0.370 e. The number of benzene rings is 1. The Balaban J connectivity index is 2.32. The zero-order valence-corrected chi connectivity index (χ0v) is 12.0. The van der Waals surface area contributed by atoms with Crippen molar-refractivity contribution in [1.29, 1.82) is 0 Å². The van der Waals surface area contributed by atoms with Crippen LogP contribution >= 0.6 is 15.9 Å². The van der Waals surface area contributed by atoms with Crippen LogP contribution in [0, 0.1) is 5.92 Å². The highest BCUT2D eigenvalue weighted by molar-refractivity contribution is 9.10. The van der Waals surface area contributed by atoms with Crippen molar-refractivity contribution in [1.82, 2.24) is 5.32 Å². The third kappa shape index (κ3) is 2.37. The van der Waals surface area contributed by atoms with Gasteiger partial charge in [0, 0.05) is 22.6 Å². The van der Waals surface area contributed by atoms with E-state index < -0.39 is 5.54 Å². The standard InChI is InChI=1S/C13H18BrN3O/c1-9-8-16-7-6-13(9,12(15)18)17-11-5-3-2-4-10(11)14/h2-5,9,16-17H,6-8H2,1H3,(H2,15,18). The Labute approximate surface area is 115 Å². The topological polar surface area (TPSA) is 67.2 Å². The van der Waals surface area contributed by atoms with Crippen LogP contribution in [0.15, 0.2) is 28.7 Å². The molecular weight excluding hydrogens is 294 g/mol. The number of carbonyl (C=O) groups is 1. The highest BCUT2D eigenvalue weighted by Crippen LogP contribution is 2.32. The monoisotopic (exact) mass is 311 g/mol. The minimum atomic E-state index is -0.672. The lowest BCUT2D eigenvalue weighted by Gasteiger charge is -2.41. The second kappa shape index (κ2) is 5.28. The van der Waals surface area contributed by atoms with E-state index in [1.165, 1.54) is 0 Å². The molecule has 1 aromatic rings. The largest absolute Gasteiger partial charge is 0.370 e. The SMILES string of the molecule is CC1CNCCC1(Nc1ccccc1Br)C(N)=O. The first-order valence-electron chi connectivity index (χ1n) is 6.09. The van der Waals surface area contributed by atoms with Crippen LogP contribution in [-0.2, 0) is 4.79 Å². The van der Waals surface area contributed by atoms with Crippen molar-refractivity contribution in [3.05, 3.63) is 28.7 Å². The summed E-state index contributed by atoms with van der Waals surface area (Å²) >= 11 is 3.49. The van der Waals surface area contributed by atoms with Gasteiger partial charge in [0.05, 0.1) is 0 Å². The Bertz CT molecular complexity index is 452. The molecule has 0 aliphatic carbocycles. The number of hydrogen-bond acceptors (Lipinski definition) is 3. The molecule has 2 atom stereocenters. The number of para-hydroxylation sites is 1. The number of halogens is 1. The molecule has 0 bridgehead atoms. The Morgan fingerprint density at radius 2 is 2.28 bits per heavy atom. The Kier molecular flexibility index (Phi) is 3.92. The summed E-state index contributed by atoms with van der Waals surface area (Å²) in [5.41, 5.74) is 5.88. The first kappa shape index (κ1) is 13.4. The number of carbonyl (C=O) groups excluding carboxylic acids is 1. The van der Waals surface area contributed by atoms with E-state index in [-0.39, 0.29) is 11.8 Å². The number of rotatable bonds is 3. The summed E-state index contributed by atoms with van der Waals surface area (Å²) in [5, 5.41) is 6.64. The van der Waals surface area contributed by atoms with Gasteiger partial charge in [-0.1, -0.05) is 19.1 Å². The zero-order valence-electron chi connectivity index (χ0n) is 10.4. The van der Waals surface area contributed by atoms with Gasteiger partial charge in [0.25, 0.3) is 0 Å². The van der Waals surface area contributed by atoms with Gasteiger partial charge in [0.1, 0.15) is 5.54 Å². The van der Waals surface area contributed by atoms with Crippen molar-refractivity contribution in [2.45, 2.75) is 18.9 Å². The highest BCUT2D eigenvalue weighted by atomic mass is 79.9. The zero-order chi connectivity index (χ0) is 13.2. The first-order chi connectivity index (χ1) is 8.56. The van der Waals surface area contributed by atoms with Gasteiger partial charge in [-0.15, -0.1) is 0 Å². The van der Waals surface area contributed by atoms with Gasteiger partial charge in [0.2, 0.25) is 5.91 Å². The molecule has 1 aromatic carbocycles. The molecule has 4 N–H and O–H groups in total. The molecule has 1 aliphatic heterocycles. The highest BCUT2D eigenvalue weighted by Gasteiger charge is 2.43. The molecule has 2 rings (SSSR count). The molecule has 18 heavy (non-hydrogen) atoms. The Morgan fingerprint density at radius 1 is 1.56 bits per heavy atom. The van der Waals surface area contributed by atoms with Crippen LogP contribution in [0.1, 0.15) is 13.3 Å². The average Bonchev–Trinajstić information content (AvgIpc) is 2.34. The van der Waals surface area contributed by atoms with E-state index in [1.54, 1.807) is 0 Å². The van der Waals surface area contributed by atoms with Crippen LogP contribution in [0.25, 0.3) is 0 Å². The molecule has 1 aliphatic rings. The van der Waals surface area contributed by atoms with Crippen molar-refractivity contribution in [3.63, 3.8) is 0 Å². The summed E-state index contributed by atoms with van der Waals surface area (Å²) in [5.74, 6) is -0.136.